The molecule has 0 saturated carbocycles. The summed E-state index contributed by atoms with van der Waals surface area (Å²) in [5.41, 5.74) is 1.12. The van der Waals surface area contributed by atoms with E-state index in [1.807, 2.05) is 31.2 Å². The minimum absolute atomic E-state index is 0.123. The van der Waals surface area contributed by atoms with Gasteiger partial charge in [0.2, 0.25) is 8.32 Å². The Labute approximate surface area is 129 Å². The molecule has 0 radical (unpaired) electrons. The Morgan fingerprint density at radius 2 is 1.71 bits per heavy atom. The van der Waals surface area contributed by atoms with Gasteiger partial charge in [-0.05, 0) is 42.2 Å². The summed E-state index contributed by atoms with van der Waals surface area (Å²) < 4.78 is 11.0. The number of carbonyl (C=O) groups is 1. The van der Waals surface area contributed by atoms with Crippen molar-refractivity contribution in [2.45, 2.75) is 52.2 Å². The molecule has 1 unspecified atom stereocenters. The first-order valence-electron chi connectivity index (χ1n) is 7.42. The molecule has 0 spiro atoms. The van der Waals surface area contributed by atoms with E-state index in [-0.39, 0.29) is 16.9 Å². The minimum Gasteiger partial charge on any atom is -0.544 e. The van der Waals surface area contributed by atoms with Gasteiger partial charge in [-0.15, -0.1) is 0 Å². The molecular formula is C17H28O3Si. The zero-order valence-electron chi connectivity index (χ0n) is 14.3. The average molecular weight is 308 g/mol. The molecular weight excluding hydrogens is 280 g/mol. The van der Waals surface area contributed by atoms with Gasteiger partial charge in [-0.2, -0.15) is 0 Å². The van der Waals surface area contributed by atoms with E-state index in [1.54, 1.807) is 0 Å². The summed E-state index contributed by atoms with van der Waals surface area (Å²) >= 11 is 0. The van der Waals surface area contributed by atoms with Crippen LogP contribution in [-0.4, -0.2) is 21.4 Å². The Kier molecular flexibility index (Phi) is 5.62. The van der Waals surface area contributed by atoms with Gasteiger partial charge in [0.1, 0.15) is 5.75 Å². The quantitative estimate of drug-likeness (QED) is 0.596. The van der Waals surface area contributed by atoms with E-state index in [4.69, 9.17) is 9.16 Å². The summed E-state index contributed by atoms with van der Waals surface area (Å²) in [6.07, 6.45) is 0.688. The highest BCUT2D eigenvalue weighted by Crippen LogP contribution is 2.37. The number of benzene rings is 1. The molecule has 0 aliphatic heterocycles. The lowest BCUT2D eigenvalue weighted by Crippen LogP contribution is -2.43. The van der Waals surface area contributed by atoms with Crippen molar-refractivity contribution in [1.82, 2.24) is 0 Å². The largest absolute Gasteiger partial charge is 0.544 e. The summed E-state index contributed by atoms with van der Waals surface area (Å²) in [4.78, 5) is 11.4. The standard InChI is InChI=1S/C17H28O3Si/c1-13(16(18)19-5)12-14-8-10-15(11-9-14)20-21(6,7)17(2,3)4/h8-11,13H,12H2,1-7H3. The second-order valence-electron chi connectivity index (χ2n) is 7.13. The molecule has 3 nitrogen and oxygen atoms in total. The van der Waals surface area contributed by atoms with Crippen molar-refractivity contribution >= 4 is 14.3 Å². The minimum atomic E-state index is -1.79. The van der Waals surface area contributed by atoms with Crippen molar-refractivity contribution in [3.63, 3.8) is 0 Å². The maximum atomic E-state index is 11.4. The number of hydrogen-bond donors (Lipinski definition) is 0. The Balaban J connectivity index is 2.73. The highest BCUT2D eigenvalue weighted by Gasteiger charge is 2.38. The van der Waals surface area contributed by atoms with E-state index in [9.17, 15) is 4.79 Å². The fourth-order valence-corrected chi connectivity index (χ4v) is 2.81. The lowest BCUT2D eigenvalue weighted by Gasteiger charge is -2.36. The number of esters is 1. The van der Waals surface area contributed by atoms with E-state index in [0.29, 0.717) is 6.42 Å². The third-order valence-corrected chi connectivity index (χ3v) is 8.61. The van der Waals surface area contributed by atoms with Crippen LogP contribution in [0.3, 0.4) is 0 Å². The maximum Gasteiger partial charge on any atom is 0.308 e. The van der Waals surface area contributed by atoms with Gasteiger partial charge in [0, 0.05) is 0 Å². The molecule has 0 saturated heterocycles. The van der Waals surface area contributed by atoms with Gasteiger partial charge in [0.15, 0.2) is 0 Å². The van der Waals surface area contributed by atoms with Crippen LogP contribution in [0, 0.1) is 5.92 Å². The summed E-state index contributed by atoms with van der Waals surface area (Å²) in [5, 5.41) is 0.186. The van der Waals surface area contributed by atoms with Gasteiger partial charge in [0.05, 0.1) is 13.0 Å². The Morgan fingerprint density at radius 3 is 2.14 bits per heavy atom. The van der Waals surface area contributed by atoms with Crippen LogP contribution in [-0.2, 0) is 16.0 Å². The number of rotatable bonds is 5. The summed E-state index contributed by atoms with van der Waals surface area (Å²) in [7, 11) is -0.367. The van der Waals surface area contributed by atoms with Gasteiger partial charge in [0.25, 0.3) is 0 Å². The van der Waals surface area contributed by atoms with E-state index in [0.717, 1.165) is 11.3 Å². The Morgan fingerprint density at radius 1 is 1.19 bits per heavy atom. The van der Waals surface area contributed by atoms with Crippen molar-refractivity contribution in [2.24, 2.45) is 5.92 Å². The first-order chi connectivity index (χ1) is 9.56. The summed E-state index contributed by atoms with van der Waals surface area (Å²) in [6, 6.07) is 8.06. The topological polar surface area (TPSA) is 35.5 Å². The third kappa shape index (κ3) is 4.88. The molecule has 0 aliphatic carbocycles. The van der Waals surface area contributed by atoms with Crippen molar-refractivity contribution in [3.8, 4) is 5.75 Å². The van der Waals surface area contributed by atoms with Crippen molar-refractivity contribution in [1.29, 1.82) is 0 Å². The molecule has 0 N–H and O–H groups in total. The van der Waals surface area contributed by atoms with Crippen LogP contribution >= 0.6 is 0 Å². The molecule has 0 aromatic heterocycles. The summed E-state index contributed by atoms with van der Waals surface area (Å²) in [6.45, 7) is 13.0. The second kappa shape index (κ2) is 6.65. The van der Waals surface area contributed by atoms with Gasteiger partial charge < -0.3 is 9.16 Å². The predicted octanol–water partition coefficient (Wildman–Crippen LogP) is 4.42. The molecule has 1 aromatic rings. The van der Waals surface area contributed by atoms with Crippen LogP contribution < -0.4 is 4.43 Å². The van der Waals surface area contributed by atoms with Crippen molar-refractivity contribution < 1.29 is 14.0 Å². The van der Waals surface area contributed by atoms with Crippen LogP contribution in [0.5, 0.6) is 5.75 Å². The molecule has 0 fully saturated rings. The molecule has 0 heterocycles. The number of carbonyl (C=O) groups excluding carboxylic acids is 1. The van der Waals surface area contributed by atoms with Gasteiger partial charge in [-0.25, -0.2) is 0 Å². The molecule has 0 bridgehead atoms. The van der Waals surface area contributed by atoms with E-state index in [2.05, 4.69) is 33.9 Å². The average Bonchev–Trinajstić information content (AvgIpc) is 2.38. The molecule has 1 atom stereocenters. The number of methoxy groups -OCH3 is 1. The molecule has 0 aliphatic rings. The maximum absolute atomic E-state index is 11.4. The highest BCUT2D eigenvalue weighted by atomic mass is 28.4. The third-order valence-electron chi connectivity index (χ3n) is 4.25. The van der Waals surface area contributed by atoms with E-state index in [1.165, 1.54) is 7.11 Å². The van der Waals surface area contributed by atoms with Crippen LogP contribution in [0.1, 0.15) is 33.3 Å². The van der Waals surface area contributed by atoms with E-state index >= 15 is 0 Å². The monoisotopic (exact) mass is 308 g/mol. The Bertz CT molecular complexity index is 472. The van der Waals surface area contributed by atoms with E-state index < -0.39 is 8.32 Å². The number of ether oxygens (including phenoxy) is 1. The molecule has 4 heteroatoms. The Hall–Kier alpha value is -1.29. The molecule has 1 rings (SSSR count). The van der Waals surface area contributed by atoms with Crippen LogP contribution in [0.25, 0.3) is 0 Å². The summed E-state index contributed by atoms with van der Waals surface area (Å²) in [5.74, 6) is 0.620. The zero-order valence-corrected chi connectivity index (χ0v) is 15.3. The fourth-order valence-electron chi connectivity index (χ4n) is 1.78. The molecule has 0 amide bonds. The second-order valence-corrected chi connectivity index (χ2v) is 11.9. The van der Waals surface area contributed by atoms with Gasteiger partial charge in [-0.1, -0.05) is 39.8 Å². The highest BCUT2D eigenvalue weighted by molar-refractivity contribution is 6.74. The van der Waals surface area contributed by atoms with Gasteiger partial charge >= 0.3 is 5.97 Å². The first kappa shape index (κ1) is 17.8. The lowest BCUT2D eigenvalue weighted by atomic mass is 10.0. The smallest absolute Gasteiger partial charge is 0.308 e. The first-order valence-corrected chi connectivity index (χ1v) is 10.3. The van der Waals surface area contributed by atoms with Crippen LogP contribution in [0.4, 0.5) is 0 Å². The lowest BCUT2D eigenvalue weighted by molar-refractivity contribution is -0.144. The van der Waals surface area contributed by atoms with Crippen molar-refractivity contribution in [3.05, 3.63) is 29.8 Å². The van der Waals surface area contributed by atoms with Crippen molar-refractivity contribution in [2.75, 3.05) is 7.11 Å². The number of hydrogen-bond acceptors (Lipinski definition) is 3. The SMILES string of the molecule is COC(=O)C(C)Cc1ccc(O[Si](C)(C)C(C)(C)C)cc1. The zero-order chi connectivity index (χ0) is 16.3. The fraction of sp³-hybridized carbons (Fsp3) is 0.588. The predicted molar refractivity (Wildman–Crippen MR) is 89.2 cm³/mol. The van der Waals surface area contributed by atoms with Crippen LogP contribution in [0.15, 0.2) is 24.3 Å². The van der Waals surface area contributed by atoms with Crippen LogP contribution in [0.2, 0.25) is 18.1 Å². The molecule has 1 aromatic carbocycles. The van der Waals surface area contributed by atoms with Gasteiger partial charge in [-0.3, -0.25) is 4.79 Å². The normalized spacial score (nSPS) is 13.7. The molecule has 21 heavy (non-hydrogen) atoms. The molecule has 118 valence electrons.